The third kappa shape index (κ3) is 3.34. The summed E-state index contributed by atoms with van der Waals surface area (Å²) in [6, 6.07) is 19.6. The van der Waals surface area contributed by atoms with E-state index in [4.69, 9.17) is 4.74 Å². The summed E-state index contributed by atoms with van der Waals surface area (Å²) in [5.74, 6) is -0.100. The molecule has 5 aromatic rings. The van der Waals surface area contributed by atoms with Gasteiger partial charge in [0.2, 0.25) is 0 Å². The SMILES string of the molecule is COc1cc(C2c3[nH]c4ccccc4c3CCN2Cc2cccc3nccnc23)ccc1F. The molecule has 3 heterocycles. The fourth-order valence-corrected chi connectivity index (χ4v) is 5.08. The van der Waals surface area contributed by atoms with E-state index in [9.17, 15) is 4.39 Å². The molecule has 0 amide bonds. The van der Waals surface area contributed by atoms with Crippen LogP contribution in [0.2, 0.25) is 0 Å². The predicted octanol–water partition coefficient (Wildman–Crippen LogP) is 5.41. The van der Waals surface area contributed by atoms with Crippen LogP contribution in [0.25, 0.3) is 21.9 Å². The van der Waals surface area contributed by atoms with Gasteiger partial charge < -0.3 is 9.72 Å². The molecular weight excluding hydrogens is 415 g/mol. The van der Waals surface area contributed by atoms with Crippen molar-refractivity contribution in [1.82, 2.24) is 19.9 Å². The van der Waals surface area contributed by atoms with Crippen molar-refractivity contribution in [1.29, 1.82) is 0 Å². The Balaban J connectivity index is 1.50. The summed E-state index contributed by atoms with van der Waals surface area (Å²) in [6.45, 7) is 1.57. The first-order valence-corrected chi connectivity index (χ1v) is 11.1. The highest BCUT2D eigenvalue weighted by Gasteiger charge is 2.32. The van der Waals surface area contributed by atoms with Crippen LogP contribution in [0.5, 0.6) is 5.75 Å². The summed E-state index contributed by atoms with van der Waals surface area (Å²) in [7, 11) is 1.50. The van der Waals surface area contributed by atoms with Crippen molar-refractivity contribution < 1.29 is 9.13 Å². The summed E-state index contributed by atoms with van der Waals surface area (Å²) >= 11 is 0. The van der Waals surface area contributed by atoms with Crippen LogP contribution in [0.4, 0.5) is 4.39 Å². The van der Waals surface area contributed by atoms with Gasteiger partial charge >= 0.3 is 0 Å². The van der Waals surface area contributed by atoms with Gasteiger partial charge in [0.05, 0.1) is 24.2 Å². The number of methoxy groups -OCH3 is 1. The Bertz CT molecular complexity index is 1470. The first-order chi connectivity index (χ1) is 16.2. The smallest absolute Gasteiger partial charge is 0.165 e. The first-order valence-electron chi connectivity index (χ1n) is 11.1. The number of rotatable bonds is 4. The first kappa shape index (κ1) is 19.9. The van der Waals surface area contributed by atoms with Crippen molar-refractivity contribution in [3.63, 3.8) is 0 Å². The van der Waals surface area contributed by atoms with E-state index in [1.165, 1.54) is 24.1 Å². The number of aromatic amines is 1. The lowest BCUT2D eigenvalue weighted by Gasteiger charge is -2.36. The van der Waals surface area contributed by atoms with Gasteiger partial charge in [0, 0.05) is 42.1 Å². The Kier molecular flexibility index (Phi) is 4.80. The van der Waals surface area contributed by atoms with E-state index in [2.05, 4.69) is 44.1 Å². The zero-order chi connectivity index (χ0) is 22.4. The molecule has 6 heteroatoms. The zero-order valence-corrected chi connectivity index (χ0v) is 18.3. The highest BCUT2D eigenvalue weighted by Crippen LogP contribution is 2.40. The van der Waals surface area contributed by atoms with Crippen LogP contribution in [0.1, 0.15) is 28.4 Å². The van der Waals surface area contributed by atoms with E-state index in [1.807, 2.05) is 30.3 Å². The third-order valence-electron chi connectivity index (χ3n) is 6.58. The molecule has 0 saturated carbocycles. The van der Waals surface area contributed by atoms with Crippen LogP contribution in [-0.4, -0.2) is 33.5 Å². The van der Waals surface area contributed by atoms with E-state index in [0.29, 0.717) is 6.54 Å². The lowest BCUT2D eigenvalue weighted by atomic mass is 9.91. The second-order valence-electron chi connectivity index (χ2n) is 8.42. The quantitative estimate of drug-likeness (QED) is 0.408. The minimum absolute atomic E-state index is 0.0671. The van der Waals surface area contributed by atoms with Crippen LogP contribution in [0.3, 0.4) is 0 Å². The fraction of sp³-hybridized carbons (Fsp3) is 0.185. The number of ether oxygens (including phenoxy) is 1. The van der Waals surface area contributed by atoms with Crippen LogP contribution < -0.4 is 4.74 Å². The molecule has 164 valence electrons. The molecule has 0 aliphatic carbocycles. The van der Waals surface area contributed by atoms with E-state index >= 15 is 0 Å². The molecule has 5 nitrogen and oxygen atoms in total. The van der Waals surface area contributed by atoms with Gasteiger partial charge in [0.1, 0.15) is 0 Å². The van der Waals surface area contributed by atoms with Crippen molar-refractivity contribution in [3.8, 4) is 5.75 Å². The second-order valence-corrected chi connectivity index (χ2v) is 8.42. The highest BCUT2D eigenvalue weighted by atomic mass is 19.1. The number of nitrogens with one attached hydrogen (secondary N) is 1. The Morgan fingerprint density at radius 3 is 2.85 bits per heavy atom. The number of fused-ring (bicyclic) bond motifs is 4. The highest BCUT2D eigenvalue weighted by molar-refractivity contribution is 5.85. The molecule has 0 bridgehead atoms. The molecule has 6 rings (SSSR count). The van der Waals surface area contributed by atoms with E-state index < -0.39 is 0 Å². The third-order valence-corrected chi connectivity index (χ3v) is 6.58. The molecule has 1 aliphatic rings. The molecule has 1 unspecified atom stereocenters. The predicted molar refractivity (Wildman–Crippen MR) is 127 cm³/mol. The molecule has 33 heavy (non-hydrogen) atoms. The van der Waals surface area contributed by atoms with Gasteiger partial charge in [0.25, 0.3) is 0 Å². The fourth-order valence-electron chi connectivity index (χ4n) is 5.08. The van der Waals surface area contributed by atoms with Gasteiger partial charge in [-0.3, -0.25) is 14.9 Å². The number of hydrogen-bond donors (Lipinski definition) is 1. The standard InChI is InChI=1S/C27H23FN4O/c1-33-24-15-17(9-10-21(24)28)27-26-20(19-6-2-3-7-22(19)31-26)11-14-32(27)16-18-5-4-8-23-25(18)30-13-12-29-23/h2-10,12-13,15,27,31H,11,14,16H2,1H3. The number of halogens is 1. The van der Waals surface area contributed by atoms with Crippen LogP contribution in [0.15, 0.2) is 73.1 Å². The zero-order valence-electron chi connectivity index (χ0n) is 18.3. The van der Waals surface area contributed by atoms with Crippen molar-refractivity contribution in [2.24, 2.45) is 0 Å². The molecular formula is C27H23FN4O. The Hall–Kier alpha value is -3.77. The van der Waals surface area contributed by atoms with Gasteiger partial charge in [-0.15, -0.1) is 0 Å². The van der Waals surface area contributed by atoms with E-state index in [-0.39, 0.29) is 17.6 Å². The van der Waals surface area contributed by atoms with Gasteiger partial charge in [-0.2, -0.15) is 0 Å². The van der Waals surface area contributed by atoms with E-state index in [1.54, 1.807) is 12.4 Å². The second kappa shape index (κ2) is 7.98. The summed E-state index contributed by atoms with van der Waals surface area (Å²) in [5.41, 5.74) is 7.53. The largest absolute Gasteiger partial charge is 0.494 e. The van der Waals surface area contributed by atoms with E-state index in [0.717, 1.165) is 46.3 Å². The van der Waals surface area contributed by atoms with Crippen molar-refractivity contribution in [3.05, 3.63) is 101 Å². The van der Waals surface area contributed by atoms with Gasteiger partial charge in [-0.25, -0.2) is 4.39 Å². The molecule has 0 spiro atoms. The number of H-pyrrole nitrogens is 1. The molecule has 0 radical (unpaired) electrons. The van der Waals surface area contributed by atoms with Crippen LogP contribution >= 0.6 is 0 Å². The lowest BCUT2D eigenvalue weighted by Crippen LogP contribution is -2.35. The summed E-state index contributed by atoms with van der Waals surface area (Å²) in [5, 5.41) is 1.25. The Morgan fingerprint density at radius 2 is 1.94 bits per heavy atom. The maximum Gasteiger partial charge on any atom is 0.165 e. The number of hydrogen-bond acceptors (Lipinski definition) is 4. The maximum atomic E-state index is 14.3. The molecule has 3 aromatic carbocycles. The van der Waals surface area contributed by atoms with Crippen LogP contribution in [-0.2, 0) is 13.0 Å². The van der Waals surface area contributed by atoms with Gasteiger partial charge in [-0.05, 0) is 47.4 Å². The number of nitrogens with zero attached hydrogens (tertiary/aromatic N) is 3. The molecule has 2 aromatic heterocycles. The van der Waals surface area contributed by atoms with Crippen molar-refractivity contribution in [2.45, 2.75) is 19.0 Å². The average molecular weight is 439 g/mol. The number of benzene rings is 3. The number of para-hydroxylation sites is 2. The minimum Gasteiger partial charge on any atom is -0.494 e. The minimum atomic E-state index is -0.357. The maximum absolute atomic E-state index is 14.3. The lowest BCUT2D eigenvalue weighted by molar-refractivity contribution is 0.202. The summed E-state index contributed by atoms with van der Waals surface area (Å²) in [4.78, 5) is 15.1. The van der Waals surface area contributed by atoms with Crippen molar-refractivity contribution >= 4 is 21.9 Å². The van der Waals surface area contributed by atoms with Crippen molar-refractivity contribution in [2.75, 3.05) is 13.7 Å². The van der Waals surface area contributed by atoms with Crippen LogP contribution in [0, 0.1) is 5.82 Å². The topological polar surface area (TPSA) is 54.0 Å². The molecule has 1 atom stereocenters. The molecule has 1 N–H and O–H groups in total. The monoisotopic (exact) mass is 438 g/mol. The number of aromatic nitrogens is 3. The Morgan fingerprint density at radius 1 is 1.06 bits per heavy atom. The molecule has 0 saturated heterocycles. The Labute approximate surface area is 190 Å². The molecule has 1 aliphatic heterocycles. The normalized spacial score (nSPS) is 16.2. The summed E-state index contributed by atoms with van der Waals surface area (Å²) < 4.78 is 19.6. The molecule has 0 fully saturated rings. The van der Waals surface area contributed by atoms with Gasteiger partial charge in [-0.1, -0.05) is 36.4 Å². The van der Waals surface area contributed by atoms with Gasteiger partial charge in [0.15, 0.2) is 11.6 Å². The average Bonchev–Trinajstić information content (AvgIpc) is 3.23. The summed E-state index contributed by atoms with van der Waals surface area (Å²) in [6.07, 6.45) is 4.39.